The van der Waals surface area contributed by atoms with Gasteiger partial charge in [-0.3, -0.25) is 0 Å². The molecule has 6 heteroatoms. The molecule has 1 saturated carbocycles. The maximum Gasteiger partial charge on any atom is 0.232 e. The Morgan fingerprint density at radius 3 is 2.75 bits per heavy atom. The van der Waals surface area contributed by atoms with Gasteiger partial charge in [0.05, 0.1) is 18.1 Å². The molecule has 3 rings (SSSR count). The van der Waals surface area contributed by atoms with E-state index in [9.17, 15) is 0 Å². The second-order valence-electron chi connectivity index (χ2n) is 4.53. The third-order valence-corrected chi connectivity index (χ3v) is 3.41. The second kappa shape index (κ2) is 4.31. The molecule has 0 amide bonds. The molecule has 1 aromatic rings. The molecule has 0 spiro atoms. The van der Waals surface area contributed by atoms with E-state index in [0.29, 0.717) is 18.3 Å². The molecular formula is C10H16ClN3O2. The Morgan fingerprint density at radius 1 is 1.38 bits per heavy atom. The van der Waals surface area contributed by atoms with E-state index in [0.717, 1.165) is 32.3 Å². The Labute approximate surface area is 100 Å². The summed E-state index contributed by atoms with van der Waals surface area (Å²) in [6, 6.07) is 0. The van der Waals surface area contributed by atoms with Crippen LogP contribution in [-0.4, -0.2) is 23.4 Å². The average molecular weight is 246 g/mol. The van der Waals surface area contributed by atoms with Gasteiger partial charge in [0, 0.05) is 6.61 Å². The quantitative estimate of drug-likeness (QED) is 0.851. The van der Waals surface area contributed by atoms with Gasteiger partial charge in [-0.05, 0) is 25.7 Å². The smallest absolute Gasteiger partial charge is 0.232 e. The number of nitrogens with zero attached hydrogens (tertiary/aromatic N) is 2. The highest BCUT2D eigenvalue weighted by atomic mass is 35.5. The summed E-state index contributed by atoms with van der Waals surface area (Å²) in [6.07, 6.45) is 4.06. The molecule has 2 heterocycles. The summed E-state index contributed by atoms with van der Waals surface area (Å²) < 4.78 is 10.5. The van der Waals surface area contributed by atoms with Crippen LogP contribution < -0.4 is 5.73 Å². The topological polar surface area (TPSA) is 74.2 Å². The van der Waals surface area contributed by atoms with E-state index in [1.807, 2.05) is 0 Å². The van der Waals surface area contributed by atoms with Gasteiger partial charge in [0.1, 0.15) is 0 Å². The fourth-order valence-corrected chi connectivity index (χ4v) is 2.11. The second-order valence-corrected chi connectivity index (χ2v) is 4.53. The van der Waals surface area contributed by atoms with Gasteiger partial charge in [0.15, 0.2) is 5.82 Å². The third-order valence-electron chi connectivity index (χ3n) is 3.41. The van der Waals surface area contributed by atoms with Crippen molar-refractivity contribution in [2.24, 2.45) is 5.73 Å². The zero-order valence-corrected chi connectivity index (χ0v) is 9.83. The minimum absolute atomic E-state index is 0. The minimum Gasteiger partial charge on any atom is -0.381 e. The third kappa shape index (κ3) is 1.83. The van der Waals surface area contributed by atoms with Crippen LogP contribution in [0, 0.1) is 0 Å². The largest absolute Gasteiger partial charge is 0.381 e. The Kier molecular flexibility index (Phi) is 3.19. The lowest BCUT2D eigenvalue weighted by atomic mass is 9.77. The maximum absolute atomic E-state index is 6.12. The van der Waals surface area contributed by atoms with E-state index in [1.54, 1.807) is 0 Å². The van der Waals surface area contributed by atoms with Crippen LogP contribution in [0.15, 0.2) is 4.52 Å². The van der Waals surface area contributed by atoms with Crippen molar-refractivity contribution in [1.82, 2.24) is 10.1 Å². The normalized spacial score (nSPS) is 27.2. The molecule has 1 unspecified atom stereocenters. The zero-order valence-electron chi connectivity index (χ0n) is 9.02. The molecule has 5 nitrogen and oxygen atoms in total. The SMILES string of the molecule is Cl.NC1(c2noc(C3CCOC3)n2)CCC1. The highest BCUT2D eigenvalue weighted by Crippen LogP contribution is 2.37. The van der Waals surface area contributed by atoms with Crippen LogP contribution >= 0.6 is 12.4 Å². The Hall–Kier alpha value is -0.650. The average Bonchev–Trinajstić information content (AvgIpc) is 2.84. The molecule has 0 aromatic carbocycles. The van der Waals surface area contributed by atoms with Crippen LogP contribution in [0.4, 0.5) is 0 Å². The van der Waals surface area contributed by atoms with Gasteiger partial charge in [-0.1, -0.05) is 5.16 Å². The molecule has 1 atom stereocenters. The molecular weight excluding hydrogens is 230 g/mol. The van der Waals surface area contributed by atoms with E-state index < -0.39 is 0 Å². The predicted octanol–water partition coefficient (Wildman–Crippen LogP) is 1.33. The summed E-state index contributed by atoms with van der Waals surface area (Å²) in [4.78, 5) is 4.40. The van der Waals surface area contributed by atoms with Crippen molar-refractivity contribution in [2.75, 3.05) is 13.2 Å². The molecule has 2 N–H and O–H groups in total. The van der Waals surface area contributed by atoms with Gasteiger partial charge in [-0.15, -0.1) is 12.4 Å². The molecule has 2 fully saturated rings. The first-order valence-corrected chi connectivity index (χ1v) is 5.49. The lowest BCUT2D eigenvalue weighted by molar-refractivity contribution is 0.189. The first-order chi connectivity index (χ1) is 7.28. The Morgan fingerprint density at radius 2 is 2.19 bits per heavy atom. The van der Waals surface area contributed by atoms with Crippen LogP contribution in [-0.2, 0) is 10.3 Å². The maximum atomic E-state index is 6.12. The number of rotatable bonds is 2. The molecule has 1 aliphatic carbocycles. The van der Waals surface area contributed by atoms with E-state index in [1.165, 1.54) is 0 Å². The van der Waals surface area contributed by atoms with Crippen molar-refractivity contribution in [2.45, 2.75) is 37.1 Å². The lowest BCUT2D eigenvalue weighted by Crippen LogP contribution is -2.44. The van der Waals surface area contributed by atoms with Gasteiger partial charge in [0.2, 0.25) is 5.89 Å². The van der Waals surface area contributed by atoms with E-state index >= 15 is 0 Å². The van der Waals surface area contributed by atoms with Crippen LogP contribution in [0.1, 0.15) is 43.3 Å². The number of aromatic nitrogens is 2. The highest BCUT2D eigenvalue weighted by Gasteiger charge is 2.39. The fraction of sp³-hybridized carbons (Fsp3) is 0.800. The summed E-state index contributed by atoms with van der Waals surface area (Å²) in [7, 11) is 0. The molecule has 1 aromatic heterocycles. The number of ether oxygens (including phenoxy) is 1. The number of hydrogen-bond acceptors (Lipinski definition) is 5. The van der Waals surface area contributed by atoms with Gasteiger partial charge < -0.3 is 15.0 Å². The van der Waals surface area contributed by atoms with Gasteiger partial charge in [0.25, 0.3) is 0 Å². The standard InChI is InChI=1S/C10H15N3O2.ClH/c11-10(3-1-4-10)9-12-8(15-13-9)7-2-5-14-6-7;/h7H,1-6,11H2;1H. The fourth-order valence-electron chi connectivity index (χ4n) is 2.11. The highest BCUT2D eigenvalue weighted by molar-refractivity contribution is 5.85. The van der Waals surface area contributed by atoms with E-state index in [4.69, 9.17) is 15.0 Å². The molecule has 0 radical (unpaired) electrons. The molecule has 1 saturated heterocycles. The molecule has 16 heavy (non-hydrogen) atoms. The van der Waals surface area contributed by atoms with Crippen molar-refractivity contribution in [3.05, 3.63) is 11.7 Å². The van der Waals surface area contributed by atoms with Crippen LogP contribution in [0.2, 0.25) is 0 Å². The summed E-state index contributed by atoms with van der Waals surface area (Å²) >= 11 is 0. The molecule has 1 aliphatic heterocycles. The summed E-state index contributed by atoms with van der Waals surface area (Å²) in [6.45, 7) is 1.48. The van der Waals surface area contributed by atoms with Crippen LogP contribution in [0.5, 0.6) is 0 Å². The Bertz CT molecular complexity index is 359. The van der Waals surface area contributed by atoms with Gasteiger partial charge in [-0.25, -0.2) is 0 Å². The summed E-state index contributed by atoms with van der Waals surface area (Å²) in [5, 5.41) is 3.99. The van der Waals surface area contributed by atoms with Crippen LogP contribution in [0.3, 0.4) is 0 Å². The Balaban J connectivity index is 0.000000963. The number of halogens is 1. The first kappa shape index (κ1) is 11.8. The monoisotopic (exact) mass is 245 g/mol. The summed E-state index contributed by atoms with van der Waals surface area (Å²) in [5.41, 5.74) is 5.80. The molecule has 0 bridgehead atoms. The van der Waals surface area contributed by atoms with Gasteiger partial charge >= 0.3 is 0 Å². The van der Waals surface area contributed by atoms with Crippen molar-refractivity contribution in [3.8, 4) is 0 Å². The lowest BCUT2D eigenvalue weighted by Gasteiger charge is -2.34. The van der Waals surface area contributed by atoms with Gasteiger partial charge in [-0.2, -0.15) is 4.98 Å². The van der Waals surface area contributed by atoms with Crippen molar-refractivity contribution in [3.63, 3.8) is 0 Å². The molecule has 90 valence electrons. The predicted molar refractivity (Wildman–Crippen MR) is 59.4 cm³/mol. The van der Waals surface area contributed by atoms with Crippen molar-refractivity contribution < 1.29 is 9.26 Å². The summed E-state index contributed by atoms with van der Waals surface area (Å²) in [5.74, 6) is 1.64. The minimum atomic E-state index is -0.318. The number of hydrogen-bond donors (Lipinski definition) is 1. The zero-order chi connectivity index (χ0) is 10.3. The number of nitrogens with two attached hydrogens (primary N) is 1. The molecule has 2 aliphatic rings. The van der Waals surface area contributed by atoms with E-state index in [-0.39, 0.29) is 23.9 Å². The first-order valence-electron chi connectivity index (χ1n) is 5.49. The van der Waals surface area contributed by atoms with E-state index in [2.05, 4.69) is 10.1 Å². The van der Waals surface area contributed by atoms with Crippen molar-refractivity contribution >= 4 is 12.4 Å². The van der Waals surface area contributed by atoms with Crippen LogP contribution in [0.25, 0.3) is 0 Å². The van der Waals surface area contributed by atoms with Crippen molar-refractivity contribution in [1.29, 1.82) is 0 Å².